The summed E-state index contributed by atoms with van der Waals surface area (Å²) in [6, 6.07) is 6.95. The van der Waals surface area contributed by atoms with Crippen LogP contribution in [-0.2, 0) is 6.54 Å². The number of hydrogen-bond acceptors (Lipinski definition) is 4. The zero-order chi connectivity index (χ0) is 13.1. The molecule has 0 aliphatic heterocycles. The molecule has 2 rings (SSSR count). The summed E-state index contributed by atoms with van der Waals surface area (Å²) in [6.07, 6.45) is 1.70. The van der Waals surface area contributed by atoms with Gasteiger partial charge in [0.05, 0.1) is 17.3 Å². The van der Waals surface area contributed by atoms with E-state index in [2.05, 4.69) is 10.4 Å². The van der Waals surface area contributed by atoms with E-state index in [9.17, 15) is 4.79 Å². The highest BCUT2D eigenvalue weighted by atomic mass is 35.5. The Kier molecular flexibility index (Phi) is 3.64. The largest absolute Gasteiger partial charge is 0.309 e. The maximum atomic E-state index is 11.9. The molecule has 0 saturated heterocycles. The summed E-state index contributed by atoms with van der Waals surface area (Å²) in [5.41, 5.74) is 3.67. The summed E-state index contributed by atoms with van der Waals surface area (Å²) >= 11 is 6.05. The van der Waals surface area contributed by atoms with Crippen molar-refractivity contribution in [3.05, 3.63) is 57.1 Å². The Hall–Kier alpha value is -1.85. The van der Waals surface area contributed by atoms with Gasteiger partial charge in [-0.25, -0.2) is 10.8 Å². The van der Waals surface area contributed by atoms with Crippen molar-refractivity contribution in [1.29, 1.82) is 0 Å². The number of pyridine rings is 2. The first kappa shape index (κ1) is 12.6. The molecule has 0 aromatic carbocycles. The van der Waals surface area contributed by atoms with Crippen molar-refractivity contribution < 1.29 is 0 Å². The number of nitrogen functional groups attached to an aromatic ring is 1. The van der Waals surface area contributed by atoms with Gasteiger partial charge in [0.25, 0.3) is 5.56 Å². The molecule has 0 amide bonds. The van der Waals surface area contributed by atoms with Gasteiger partial charge in [-0.15, -0.1) is 0 Å². The average Bonchev–Trinajstić information content (AvgIpc) is 2.37. The summed E-state index contributed by atoms with van der Waals surface area (Å²) in [6.45, 7) is 2.08. The van der Waals surface area contributed by atoms with Gasteiger partial charge >= 0.3 is 0 Å². The van der Waals surface area contributed by atoms with Crippen LogP contribution >= 0.6 is 11.6 Å². The van der Waals surface area contributed by atoms with E-state index < -0.39 is 0 Å². The molecule has 0 unspecified atom stereocenters. The van der Waals surface area contributed by atoms with Crippen LogP contribution in [0.4, 0.5) is 5.82 Å². The molecule has 0 spiro atoms. The van der Waals surface area contributed by atoms with Crippen molar-refractivity contribution >= 4 is 17.4 Å². The topological polar surface area (TPSA) is 72.9 Å². The van der Waals surface area contributed by atoms with Gasteiger partial charge in [0.15, 0.2) is 0 Å². The number of aromatic nitrogens is 2. The number of nitrogens with one attached hydrogen (secondary N) is 1. The third-order valence-electron chi connectivity index (χ3n) is 2.60. The SMILES string of the molecule is Cc1cccn(Cc2nc(NN)ccc2Cl)c1=O. The minimum atomic E-state index is -0.0542. The van der Waals surface area contributed by atoms with E-state index in [-0.39, 0.29) is 5.56 Å². The predicted octanol–water partition coefficient (Wildman–Crippen LogP) is 1.54. The summed E-state index contributed by atoms with van der Waals surface area (Å²) in [5, 5.41) is 0.502. The lowest BCUT2D eigenvalue weighted by Crippen LogP contribution is -2.22. The lowest BCUT2D eigenvalue weighted by atomic mass is 10.3. The fourth-order valence-corrected chi connectivity index (χ4v) is 1.78. The standard InChI is InChI=1S/C12H13ClN4O/c1-8-3-2-6-17(12(8)18)7-10-9(13)4-5-11(15-10)16-14/h2-6H,7,14H2,1H3,(H,15,16). The number of nitrogens with zero attached hydrogens (tertiary/aromatic N) is 2. The maximum absolute atomic E-state index is 11.9. The Morgan fingerprint density at radius 1 is 1.44 bits per heavy atom. The Morgan fingerprint density at radius 3 is 2.94 bits per heavy atom. The average molecular weight is 265 g/mol. The molecular formula is C12H13ClN4O. The molecule has 94 valence electrons. The Balaban J connectivity index is 2.39. The number of hydrogen-bond donors (Lipinski definition) is 2. The second kappa shape index (κ2) is 5.20. The zero-order valence-corrected chi connectivity index (χ0v) is 10.6. The smallest absolute Gasteiger partial charge is 0.253 e. The number of rotatable bonds is 3. The first-order chi connectivity index (χ1) is 8.61. The van der Waals surface area contributed by atoms with Gasteiger partial charge in [0.1, 0.15) is 5.82 Å². The Labute approximate surface area is 109 Å². The van der Waals surface area contributed by atoms with Crippen LogP contribution in [0, 0.1) is 6.92 Å². The van der Waals surface area contributed by atoms with Gasteiger partial charge < -0.3 is 9.99 Å². The first-order valence-corrected chi connectivity index (χ1v) is 5.77. The molecule has 0 atom stereocenters. The molecule has 0 fully saturated rings. The molecule has 2 heterocycles. The summed E-state index contributed by atoms with van der Waals surface area (Å²) in [4.78, 5) is 16.1. The van der Waals surface area contributed by atoms with Crippen molar-refractivity contribution in [2.45, 2.75) is 13.5 Å². The molecule has 2 aromatic rings. The number of nitrogens with two attached hydrogens (primary N) is 1. The fraction of sp³-hybridized carbons (Fsp3) is 0.167. The van der Waals surface area contributed by atoms with Crippen LogP contribution in [0.1, 0.15) is 11.3 Å². The second-order valence-corrected chi connectivity index (χ2v) is 4.30. The van der Waals surface area contributed by atoms with Gasteiger partial charge in [0, 0.05) is 11.8 Å². The van der Waals surface area contributed by atoms with Crippen LogP contribution in [0.5, 0.6) is 0 Å². The number of halogens is 1. The minimum Gasteiger partial charge on any atom is -0.309 e. The van der Waals surface area contributed by atoms with Gasteiger partial charge in [-0.2, -0.15) is 0 Å². The van der Waals surface area contributed by atoms with Crippen LogP contribution in [0.15, 0.2) is 35.3 Å². The number of aryl methyl sites for hydroxylation is 1. The second-order valence-electron chi connectivity index (χ2n) is 3.89. The Bertz CT molecular complexity index is 624. The lowest BCUT2D eigenvalue weighted by Gasteiger charge is -2.09. The summed E-state index contributed by atoms with van der Waals surface area (Å²) in [7, 11) is 0. The van der Waals surface area contributed by atoms with E-state index >= 15 is 0 Å². The summed E-state index contributed by atoms with van der Waals surface area (Å²) in [5.74, 6) is 5.80. The molecule has 2 aromatic heterocycles. The van der Waals surface area contributed by atoms with Gasteiger partial charge in [-0.3, -0.25) is 4.79 Å². The van der Waals surface area contributed by atoms with E-state index in [0.29, 0.717) is 28.6 Å². The third kappa shape index (κ3) is 2.52. The molecule has 0 bridgehead atoms. The molecule has 0 saturated carbocycles. The number of anilines is 1. The zero-order valence-electron chi connectivity index (χ0n) is 9.85. The third-order valence-corrected chi connectivity index (χ3v) is 2.94. The van der Waals surface area contributed by atoms with Crippen molar-refractivity contribution in [2.75, 3.05) is 5.43 Å². The highest BCUT2D eigenvalue weighted by Gasteiger charge is 2.06. The normalized spacial score (nSPS) is 10.4. The van der Waals surface area contributed by atoms with E-state index in [4.69, 9.17) is 17.4 Å². The van der Waals surface area contributed by atoms with E-state index in [1.165, 1.54) is 0 Å². The van der Waals surface area contributed by atoms with Crippen LogP contribution in [0.25, 0.3) is 0 Å². The maximum Gasteiger partial charge on any atom is 0.253 e. The minimum absolute atomic E-state index is 0.0542. The van der Waals surface area contributed by atoms with Crippen molar-refractivity contribution in [1.82, 2.24) is 9.55 Å². The molecule has 0 aliphatic rings. The molecule has 3 N–H and O–H groups in total. The monoisotopic (exact) mass is 264 g/mol. The molecule has 5 nitrogen and oxygen atoms in total. The molecule has 18 heavy (non-hydrogen) atoms. The quantitative estimate of drug-likeness (QED) is 0.652. The van der Waals surface area contributed by atoms with Gasteiger partial charge in [0.2, 0.25) is 0 Å². The van der Waals surface area contributed by atoms with Crippen LogP contribution in [-0.4, -0.2) is 9.55 Å². The van der Waals surface area contributed by atoms with E-state index in [1.807, 2.05) is 6.07 Å². The first-order valence-electron chi connectivity index (χ1n) is 5.40. The Morgan fingerprint density at radius 2 is 2.22 bits per heavy atom. The lowest BCUT2D eigenvalue weighted by molar-refractivity contribution is 0.734. The van der Waals surface area contributed by atoms with Crippen molar-refractivity contribution in [3.8, 4) is 0 Å². The molecule has 6 heteroatoms. The molecule has 0 radical (unpaired) electrons. The molecular weight excluding hydrogens is 252 g/mol. The van der Waals surface area contributed by atoms with E-state index in [1.54, 1.807) is 35.9 Å². The highest BCUT2D eigenvalue weighted by Crippen LogP contribution is 2.16. The van der Waals surface area contributed by atoms with Gasteiger partial charge in [-0.05, 0) is 25.1 Å². The van der Waals surface area contributed by atoms with Crippen molar-refractivity contribution in [2.24, 2.45) is 5.84 Å². The highest BCUT2D eigenvalue weighted by molar-refractivity contribution is 6.31. The van der Waals surface area contributed by atoms with Crippen LogP contribution in [0.2, 0.25) is 5.02 Å². The molecule has 0 aliphatic carbocycles. The van der Waals surface area contributed by atoms with Gasteiger partial charge in [-0.1, -0.05) is 17.7 Å². The van der Waals surface area contributed by atoms with Crippen molar-refractivity contribution in [3.63, 3.8) is 0 Å². The number of hydrazine groups is 1. The summed E-state index contributed by atoms with van der Waals surface area (Å²) < 4.78 is 1.56. The predicted molar refractivity (Wildman–Crippen MR) is 71.6 cm³/mol. The van der Waals surface area contributed by atoms with Crippen LogP contribution < -0.4 is 16.8 Å². The fourth-order valence-electron chi connectivity index (χ4n) is 1.62. The van der Waals surface area contributed by atoms with E-state index in [0.717, 1.165) is 0 Å². The van der Waals surface area contributed by atoms with Crippen LogP contribution in [0.3, 0.4) is 0 Å².